The van der Waals surface area contributed by atoms with Crippen LogP contribution >= 0.6 is 0 Å². The van der Waals surface area contributed by atoms with E-state index in [1.54, 1.807) is 11.9 Å². The minimum Gasteiger partial charge on any atom is -0.379 e. The van der Waals surface area contributed by atoms with Crippen LogP contribution in [0.3, 0.4) is 0 Å². The lowest BCUT2D eigenvalue weighted by Crippen LogP contribution is -2.36. The Morgan fingerprint density at radius 2 is 2.23 bits per heavy atom. The number of rotatable bonds is 10. The lowest BCUT2D eigenvalue weighted by Gasteiger charge is -2.16. The van der Waals surface area contributed by atoms with Crippen molar-refractivity contribution in [2.24, 2.45) is 0 Å². The van der Waals surface area contributed by atoms with Gasteiger partial charge in [0.2, 0.25) is 5.91 Å². The molecule has 8 heteroatoms. The van der Waals surface area contributed by atoms with Crippen LogP contribution in [0.1, 0.15) is 32.6 Å². The topological polar surface area (TPSA) is 59.4 Å². The van der Waals surface area contributed by atoms with E-state index in [9.17, 15) is 13.6 Å². The summed E-state index contributed by atoms with van der Waals surface area (Å²) in [5.74, 6) is 0.0813. The molecule has 126 valence electrons. The summed E-state index contributed by atoms with van der Waals surface area (Å²) < 4.78 is 31.5. The van der Waals surface area contributed by atoms with Crippen molar-refractivity contribution < 1.29 is 18.3 Å². The zero-order valence-corrected chi connectivity index (χ0v) is 13.3. The van der Waals surface area contributed by atoms with Crippen LogP contribution in [0.2, 0.25) is 0 Å². The van der Waals surface area contributed by atoms with Crippen LogP contribution in [-0.4, -0.2) is 53.2 Å². The standard InChI is InChI=1S/C14H24F2N4O2/c1-11(2)22-8-4-5-18-13(21)10-19(3)9-12-17-6-7-20(12)14(15)16/h6-7,11,14H,4-5,8-10H2,1-3H3,(H,18,21). The fourth-order valence-electron chi connectivity index (χ4n) is 1.86. The summed E-state index contributed by atoms with van der Waals surface area (Å²) in [6, 6.07) is 0. The van der Waals surface area contributed by atoms with Crippen LogP contribution in [0.15, 0.2) is 12.4 Å². The van der Waals surface area contributed by atoms with Crippen molar-refractivity contribution in [1.29, 1.82) is 0 Å². The van der Waals surface area contributed by atoms with Gasteiger partial charge in [-0.1, -0.05) is 0 Å². The number of carbonyl (C=O) groups is 1. The van der Waals surface area contributed by atoms with E-state index in [1.165, 1.54) is 12.4 Å². The Bertz CT molecular complexity index is 452. The molecule has 1 N–H and O–H groups in total. The fourth-order valence-corrected chi connectivity index (χ4v) is 1.86. The fraction of sp³-hybridized carbons (Fsp3) is 0.714. The molecular formula is C14H24F2N4O2. The predicted molar refractivity (Wildman–Crippen MR) is 78.5 cm³/mol. The number of carbonyl (C=O) groups excluding carboxylic acids is 1. The smallest absolute Gasteiger partial charge is 0.319 e. The van der Waals surface area contributed by atoms with E-state index in [1.807, 2.05) is 13.8 Å². The molecule has 0 atom stereocenters. The van der Waals surface area contributed by atoms with Crippen molar-refractivity contribution in [2.45, 2.75) is 39.5 Å². The molecule has 1 amide bonds. The summed E-state index contributed by atoms with van der Waals surface area (Å²) in [6.07, 6.45) is 3.47. The third kappa shape index (κ3) is 6.95. The van der Waals surface area contributed by atoms with Crippen LogP contribution in [0.4, 0.5) is 8.78 Å². The summed E-state index contributed by atoms with van der Waals surface area (Å²) in [7, 11) is 1.69. The number of hydrogen-bond acceptors (Lipinski definition) is 4. The van der Waals surface area contributed by atoms with Crippen LogP contribution < -0.4 is 5.32 Å². The predicted octanol–water partition coefficient (Wildman–Crippen LogP) is 1.64. The van der Waals surface area contributed by atoms with E-state index in [0.717, 1.165) is 11.0 Å². The van der Waals surface area contributed by atoms with Gasteiger partial charge in [0, 0.05) is 25.5 Å². The first kappa shape index (κ1) is 18.5. The van der Waals surface area contributed by atoms with Crippen LogP contribution in [0.5, 0.6) is 0 Å². The van der Waals surface area contributed by atoms with Crippen LogP contribution in [0.25, 0.3) is 0 Å². The molecule has 0 saturated heterocycles. The summed E-state index contributed by atoms with van der Waals surface area (Å²) in [5, 5.41) is 2.77. The van der Waals surface area contributed by atoms with Gasteiger partial charge in [0.1, 0.15) is 5.82 Å². The highest BCUT2D eigenvalue weighted by Gasteiger charge is 2.14. The molecule has 22 heavy (non-hydrogen) atoms. The number of halogens is 2. The Labute approximate surface area is 129 Å². The second-order valence-electron chi connectivity index (χ2n) is 5.32. The van der Waals surface area contributed by atoms with E-state index < -0.39 is 6.55 Å². The highest BCUT2D eigenvalue weighted by atomic mass is 19.3. The zero-order valence-electron chi connectivity index (χ0n) is 13.3. The van der Waals surface area contributed by atoms with E-state index in [0.29, 0.717) is 13.2 Å². The number of hydrogen-bond donors (Lipinski definition) is 1. The van der Waals surface area contributed by atoms with Gasteiger partial charge < -0.3 is 10.1 Å². The number of nitrogens with one attached hydrogen (secondary N) is 1. The number of nitrogens with zero attached hydrogens (tertiary/aromatic N) is 3. The maximum atomic E-state index is 12.7. The summed E-state index contributed by atoms with van der Waals surface area (Å²) in [5.41, 5.74) is 0. The summed E-state index contributed by atoms with van der Waals surface area (Å²) in [4.78, 5) is 17.2. The Kier molecular flexibility index (Phi) is 7.97. The van der Waals surface area contributed by atoms with Crippen molar-refractivity contribution in [3.63, 3.8) is 0 Å². The molecular weight excluding hydrogens is 294 g/mol. The van der Waals surface area contributed by atoms with Gasteiger partial charge in [-0.3, -0.25) is 14.3 Å². The van der Waals surface area contributed by atoms with E-state index in [2.05, 4.69) is 10.3 Å². The Balaban J connectivity index is 2.25. The van der Waals surface area contributed by atoms with Gasteiger partial charge in [-0.2, -0.15) is 8.78 Å². The van der Waals surface area contributed by atoms with Gasteiger partial charge in [0.05, 0.1) is 19.2 Å². The lowest BCUT2D eigenvalue weighted by molar-refractivity contribution is -0.122. The molecule has 0 radical (unpaired) electrons. The number of alkyl halides is 2. The third-order valence-corrected chi connectivity index (χ3v) is 2.88. The molecule has 0 unspecified atom stereocenters. The number of aromatic nitrogens is 2. The Hall–Kier alpha value is -1.54. The summed E-state index contributed by atoms with van der Waals surface area (Å²) in [6.45, 7) is 2.72. The average molecular weight is 318 g/mol. The number of amides is 1. The van der Waals surface area contributed by atoms with E-state index in [4.69, 9.17) is 4.74 Å². The number of likely N-dealkylation sites (N-methyl/N-ethyl adjacent to an activating group) is 1. The van der Waals surface area contributed by atoms with Crippen molar-refractivity contribution in [3.05, 3.63) is 18.2 Å². The monoisotopic (exact) mass is 318 g/mol. The van der Waals surface area contributed by atoms with E-state index in [-0.39, 0.29) is 30.9 Å². The third-order valence-electron chi connectivity index (χ3n) is 2.88. The van der Waals surface area contributed by atoms with Gasteiger partial charge >= 0.3 is 6.55 Å². The number of ether oxygens (including phenoxy) is 1. The van der Waals surface area contributed by atoms with Crippen molar-refractivity contribution >= 4 is 5.91 Å². The van der Waals surface area contributed by atoms with Gasteiger partial charge in [-0.25, -0.2) is 4.98 Å². The van der Waals surface area contributed by atoms with Gasteiger partial charge in [0.25, 0.3) is 0 Å². The van der Waals surface area contributed by atoms with Crippen molar-refractivity contribution in [3.8, 4) is 0 Å². The molecule has 0 saturated carbocycles. The second-order valence-corrected chi connectivity index (χ2v) is 5.32. The molecule has 0 aliphatic heterocycles. The minimum absolute atomic E-state index is 0.126. The molecule has 0 fully saturated rings. The first-order valence-electron chi connectivity index (χ1n) is 7.27. The second kappa shape index (κ2) is 9.47. The molecule has 6 nitrogen and oxygen atoms in total. The summed E-state index contributed by atoms with van der Waals surface area (Å²) >= 11 is 0. The molecule has 1 aromatic heterocycles. The van der Waals surface area contributed by atoms with Crippen LogP contribution in [-0.2, 0) is 16.1 Å². The lowest BCUT2D eigenvalue weighted by atomic mass is 10.4. The quantitative estimate of drug-likeness (QED) is 0.666. The highest BCUT2D eigenvalue weighted by Crippen LogP contribution is 2.13. The maximum absolute atomic E-state index is 12.7. The number of imidazole rings is 1. The van der Waals surface area contributed by atoms with E-state index >= 15 is 0 Å². The Morgan fingerprint density at radius 3 is 2.86 bits per heavy atom. The molecule has 0 aromatic carbocycles. The highest BCUT2D eigenvalue weighted by molar-refractivity contribution is 5.77. The first-order chi connectivity index (χ1) is 10.4. The average Bonchev–Trinajstić information content (AvgIpc) is 2.85. The normalized spacial score (nSPS) is 11.6. The zero-order chi connectivity index (χ0) is 16.5. The first-order valence-corrected chi connectivity index (χ1v) is 7.27. The molecule has 0 spiro atoms. The Morgan fingerprint density at radius 1 is 1.50 bits per heavy atom. The largest absolute Gasteiger partial charge is 0.379 e. The van der Waals surface area contributed by atoms with Gasteiger partial charge in [0.15, 0.2) is 0 Å². The molecule has 0 aliphatic rings. The van der Waals surface area contributed by atoms with Crippen molar-refractivity contribution in [1.82, 2.24) is 19.8 Å². The van der Waals surface area contributed by atoms with Gasteiger partial charge in [-0.05, 0) is 27.3 Å². The van der Waals surface area contributed by atoms with Gasteiger partial charge in [-0.15, -0.1) is 0 Å². The molecule has 1 rings (SSSR count). The van der Waals surface area contributed by atoms with Crippen molar-refractivity contribution in [2.75, 3.05) is 26.7 Å². The SMILES string of the molecule is CC(C)OCCCNC(=O)CN(C)Cc1nccn1C(F)F. The van der Waals surface area contributed by atoms with Crippen LogP contribution in [0, 0.1) is 0 Å². The molecule has 0 bridgehead atoms. The molecule has 1 heterocycles. The molecule has 0 aliphatic carbocycles. The minimum atomic E-state index is -2.62. The molecule has 1 aromatic rings. The maximum Gasteiger partial charge on any atom is 0.319 e.